The Labute approximate surface area is 165 Å². The minimum Gasteiger partial charge on any atom is -0.332 e. The van der Waals surface area contributed by atoms with E-state index < -0.39 is 0 Å². The number of carbonyl (C=O) groups is 1. The third-order valence-electron chi connectivity index (χ3n) is 5.95. The molecule has 2 aliphatic rings. The van der Waals surface area contributed by atoms with Crippen LogP contribution >= 0.6 is 0 Å². The topological polar surface area (TPSA) is 46.1 Å². The van der Waals surface area contributed by atoms with Gasteiger partial charge in [0.15, 0.2) is 5.82 Å². The molecule has 2 aliphatic heterocycles. The Balaban J connectivity index is 1.42. The van der Waals surface area contributed by atoms with Crippen LogP contribution in [0.2, 0.25) is 0 Å². The van der Waals surface area contributed by atoms with Gasteiger partial charge in [-0.05, 0) is 25.3 Å². The van der Waals surface area contributed by atoms with Crippen LogP contribution in [0, 0.1) is 6.92 Å². The van der Waals surface area contributed by atoms with Crippen LogP contribution in [0.5, 0.6) is 0 Å². The molecule has 0 unspecified atom stereocenters. The maximum Gasteiger partial charge on any atom is 0.227 e. The Bertz CT molecular complexity index is 1030. The van der Waals surface area contributed by atoms with Crippen molar-refractivity contribution < 1.29 is 4.79 Å². The molecule has 3 heterocycles. The molecule has 0 radical (unpaired) electrons. The fourth-order valence-corrected chi connectivity index (χ4v) is 4.67. The van der Waals surface area contributed by atoms with Crippen LogP contribution in [0.25, 0.3) is 11.4 Å². The molecule has 1 fully saturated rings. The van der Waals surface area contributed by atoms with E-state index in [1.54, 1.807) is 0 Å². The predicted octanol–water partition coefficient (Wildman–Crippen LogP) is 4.28. The SMILES string of the molecule is Cc1cccc(CC(=O)N2[C@H]3CC[C@@H]2c2cnc(-c4ccccc4)nc2C3)c1. The summed E-state index contributed by atoms with van der Waals surface area (Å²) in [6.07, 6.45) is 5.29. The molecule has 1 amide bonds. The van der Waals surface area contributed by atoms with Crippen molar-refractivity contribution >= 4 is 5.91 Å². The number of benzene rings is 2. The average Bonchev–Trinajstić information content (AvgIpc) is 3.03. The third-order valence-corrected chi connectivity index (χ3v) is 5.95. The molecule has 1 saturated heterocycles. The number of hydrogen-bond acceptors (Lipinski definition) is 3. The molecule has 4 heteroatoms. The van der Waals surface area contributed by atoms with E-state index in [1.807, 2.05) is 48.7 Å². The van der Waals surface area contributed by atoms with Gasteiger partial charge in [0.25, 0.3) is 0 Å². The summed E-state index contributed by atoms with van der Waals surface area (Å²) in [6.45, 7) is 2.07. The highest BCUT2D eigenvalue weighted by Crippen LogP contribution is 2.43. The maximum atomic E-state index is 13.1. The molecule has 2 aromatic carbocycles. The number of hydrogen-bond donors (Lipinski definition) is 0. The Kier molecular flexibility index (Phi) is 4.19. The van der Waals surface area contributed by atoms with Crippen LogP contribution in [-0.2, 0) is 17.6 Å². The summed E-state index contributed by atoms with van der Waals surface area (Å²) < 4.78 is 0. The van der Waals surface area contributed by atoms with Crippen LogP contribution in [0.4, 0.5) is 0 Å². The second kappa shape index (κ2) is 6.86. The molecule has 2 bridgehead atoms. The van der Waals surface area contributed by atoms with Gasteiger partial charge in [-0.25, -0.2) is 9.97 Å². The normalized spacial score (nSPS) is 20.1. The number of aryl methyl sites for hydroxylation is 1. The summed E-state index contributed by atoms with van der Waals surface area (Å²) >= 11 is 0. The fraction of sp³-hybridized carbons (Fsp3) is 0.292. The standard InChI is InChI=1S/C24H23N3O/c1-16-6-5-7-17(12-16)13-23(28)27-19-10-11-22(27)20-15-25-24(26-21(20)14-19)18-8-3-2-4-9-18/h2-9,12,15,19,22H,10-11,13-14H2,1H3/t19-,22+/m0/s1. The number of fused-ring (bicyclic) bond motifs is 4. The van der Waals surface area contributed by atoms with Gasteiger partial charge < -0.3 is 4.90 Å². The second-order valence-corrected chi connectivity index (χ2v) is 7.88. The summed E-state index contributed by atoms with van der Waals surface area (Å²) in [5.74, 6) is 0.995. The summed E-state index contributed by atoms with van der Waals surface area (Å²) in [5, 5.41) is 0. The molecule has 0 aliphatic carbocycles. The fourth-order valence-electron chi connectivity index (χ4n) is 4.67. The Morgan fingerprint density at radius 3 is 2.79 bits per heavy atom. The van der Waals surface area contributed by atoms with E-state index in [0.717, 1.165) is 47.5 Å². The van der Waals surface area contributed by atoms with Gasteiger partial charge in [0.05, 0.1) is 18.2 Å². The molecule has 4 nitrogen and oxygen atoms in total. The minimum atomic E-state index is 0.121. The van der Waals surface area contributed by atoms with E-state index in [0.29, 0.717) is 6.42 Å². The first-order valence-corrected chi connectivity index (χ1v) is 9.97. The molecular formula is C24H23N3O. The monoisotopic (exact) mass is 369 g/mol. The lowest BCUT2D eigenvalue weighted by molar-refractivity contribution is -0.134. The highest BCUT2D eigenvalue weighted by Gasteiger charge is 2.43. The summed E-state index contributed by atoms with van der Waals surface area (Å²) in [6, 6.07) is 18.7. The number of rotatable bonds is 3. The zero-order valence-electron chi connectivity index (χ0n) is 16.0. The molecule has 140 valence electrons. The van der Waals surface area contributed by atoms with Gasteiger partial charge in [-0.15, -0.1) is 0 Å². The van der Waals surface area contributed by atoms with E-state index in [1.165, 1.54) is 5.56 Å². The van der Waals surface area contributed by atoms with Crippen molar-refractivity contribution in [1.29, 1.82) is 0 Å². The van der Waals surface area contributed by atoms with Gasteiger partial charge in [-0.1, -0.05) is 60.2 Å². The molecule has 1 aromatic heterocycles. The van der Waals surface area contributed by atoms with E-state index >= 15 is 0 Å². The largest absolute Gasteiger partial charge is 0.332 e. The highest BCUT2D eigenvalue weighted by molar-refractivity contribution is 5.80. The number of carbonyl (C=O) groups excluding carboxylic acids is 1. The Hall–Kier alpha value is -3.01. The van der Waals surface area contributed by atoms with Crippen molar-refractivity contribution in [2.75, 3.05) is 0 Å². The van der Waals surface area contributed by atoms with Gasteiger partial charge >= 0.3 is 0 Å². The molecule has 0 spiro atoms. The second-order valence-electron chi connectivity index (χ2n) is 7.88. The molecule has 3 aromatic rings. The molecule has 5 rings (SSSR count). The van der Waals surface area contributed by atoms with Crippen LogP contribution in [-0.4, -0.2) is 26.8 Å². The summed E-state index contributed by atoms with van der Waals surface area (Å²) in [7, 11) is 0. The Morgan fingerprint density at radius 2 is 1.96 bits per heavy atom. The lowest BCUT2D eigenvalue weighted by atomic mass is 9.97. The lowest BCUT2D eigenvalue weighted by Gasteiger charge is -2.36. The summed E-state index contributed by atoms with van der Waals surface area (Å²) in [5.41, 5.74) is 5.56. The van der Waals surface area contributed by atoms with Crippen molar-refractivity contribution in [3.8, 4) is 11.4 Å². The average molecular weight is 369 g/mol. The van der Waals surface area contributed by atoms with Gasteiger partial charge in [0.1, 0.15) is 0 Å². The molecular weight excluding hydrogens is 346 g/mol. The van der Waals surface area contributed by atoms with Gasteiger partial charge in [0.2, 0.25) is 5.91 Å². The van der Waals surface area contributed by atoms with E-state index in [-0.39, 0.29) is 18.0 Å². The van der Waals surface area contributed by atoms with Crippen molar-refractivity contribution in [3.63, 3.8) is 0 Å². The Morgan fingerprint density at radius 1 is 1.11 bits per heavy atom. The zero-order chi connectivity index (χ0) is 19.1. The molecule has 2 atom stereocenters. The number of amides is 1. The van der Waals surface area contributed by atoms with Crippen molar-refractivity contribution in [2.24, 2.45) is 0 Å². The number of nitrogens with zero attached hydrogens (tertiary/aromatic N) is 3. The molecule has 28 heavy (non-hydrogen) atoms. The number of aromatic nitrogens is 2. The molecule has 0 saturated carbocycles. The summed E-state index contributed by atoms with van der Waals surface area (Å²) in [4.78, 5) is 24.7. The smallest absolute Gasteiger partial charge is 0.227 e. The van der Waals surface area contributed by atoms with Crippen LogP contribution < -0.4 is 0 Å². The van der Waals surface area contributed by atoms with Crippen LogP contribution in [0.3, 0.4) is 0 Å². The van der Waals surface area contributed by atoms with Gasteiger partial charge in [-0.3, -0.25) is 4.79 Å². The quantitative estimate of drug-likeness (QED) is 0.692. The first-order chi connectivity index (χ1) is 13.7. The lowest BCUT2D eigenvalue weighted by Crippen LogP contribution is -2.43. The maximum absolute atomic E-state index is 13.1. The first-order valence-electron chi connectivity index (χ1n) is 9.97. The molecule has 0 N–H and O–H groups in total. The van der Waals surface area contributed by atoms with Crippen molar-refractivity contribution in [3.05, 3.63) is 83.2 Å². The van der Waals surface area contributed by atoms with E-state index in [2.05, 4.69) is 28.9 Å². The zero-order valence-corrected chi connectivity index (χ0v) is 16.0. The minimum absolute atomic E-state index is 0.121. The first kappa shape index (κ1) is 17.1. The van der Waals surface area contributed by atoms with Crippen molar-refractivity contribution in [1.82, 2.24) is 14.9 Å². The third kappa shape index (κ3) is 2.99. The van der Waals surface area contributed by atoms with Gasteiger partial charge in [0, 0.05) is 29.8 Å². The van der Waals surface area contributed by atoms with Crippen LogP contribution in [0.15, 0.2) is 60.8 Å². The van der Waals surface area contributed by atoms with Gasteiger partial charge in [-0.2, -0.15) is 0 Å². The van der Waals surface area contributed by atoms with Crippen molar-refractivity contribution in [2.45, 2.75) is 44.7 Å². The van der Waals surface area contributed by atoms with Crippen LogP contribution in [0.1, 0.15) is 41.3 Å². The highest BCUT2D eigenvalue weighted by atomic mass is 16.2. The van der Waals surface area contributed by atoms with E-state index in [4.69, 9.17) is 4.98 Å². The predicted molar refractivity (Wildman–Crippen MR) is 109 cm³/mol. The van der Waals surface area contributed by atoms with E-state index in [9.17, 15) is 4.79 Å².